The van der Waals surface area contributed by atoms with Gasteiger partial charge in [0.05, 0.1) is 0 Å². The zero-order chi connectivity index (χ0) is 18.2. The maximum absolute atomic E-state index is 11.3. The molecule has 0 fully saturated rings. The molecule has 1 unspecified atom stereocenters. The van der Waals surface area contributed by atoms with Crippen molar-refractivity contribution in [2.45, 2.75) is 58.0 Å². The van der Waals surface area contributed by atoms with Crippen LogP contribution in [-0.4, -0.2) is 27.2 Å². The van der Waals surface area contributed by atoms with Gasteiger partial charge in [0.2, 0.25) is 0 Å². The highest BCUT2D eigenvalue weighted by molar-refractivity contribution is 7.53. The van der Waals surface area contributed by atoms with Gasteiger partial charge in [-0.3, -0.25) is 14.2 Å². The zero-order valence-electron chi connectivity index (χ0n) is 14.1. The van der Waals surface area contributed by atoms with E-state index in [0.717, 1.165) is 31.2 Å². The van der Waals surface area contributed by atoms with E-state index in [-0.39, 0.29) is 12.4 Å². The molecular weight excluding hydrogens is 331 g/mol. The molecule has 1 aromatic carbocycles. The highest BCUT2D eigenvalue weighted by Gasteiger charge is 2.31. The Kier molecular flexibility index (Phi) is 8.32. The Balaban J connectivity index is 2.25. The summed E-state index contributed by atoms with van der Waals surface area (Å²) in [6.45, 7) is 2.58. The topological polar surface area (TPSA) is 101 Å². The number of esters is 1. The molecule has 1 atom stereocenters. The van der Waals surface area contributed by atoms with Crippen molar-refractivity contribution in [2.75, 3.05) is 0 Å². The summed E-state index contributed by atoms with van der Waals surface area (Å²) in [5.74, 6) is -0.267. The predicted octanol–water partition coefficient (Wildman–Crippen LogP) is 3.24. The molecule has 0 saturated carbocycles. The minimum atomic E-state index is -4.34. The van der Waals surface area contributed by atoms with E-state index in [1.807, 2.05) is 12.1 Å². The highest BCUT2D eigenvalue weighted by Crippen LogP contribution is 2.44. The summed E-state index contributed by atoms with van der Waals surface area (Å²) in [7, 11) is -4.34. The summed E-state index contributed by atoms with van der Waals surface area (Å²) >= 11 is 0. The third-order valence-corrected chi connectivity index (χ3v) is 5.19. The van der Waals surface area contributed by atoms with Crippen molar-refractivity contribution in [3.05, 3.63) is 29.8 Å². The fourth-order valence-corrected chi connectivity index (χ4v) is 3.51. The van der Waals surface area contributed by atoms with Gasteiger partial charge < -0.3 is 14.5 Å². The Morgan fingerprint density at radius 2 is 1.62 bits per heavy atom. The third kappa shape index (κ3) is 7.86. The molecule has 0 aliphatic rings. The number of rotatable bonds is 10. The van der Waals surface area contributed by atoms with Crippen LogP contribution < -0.4 is 4.74 Å². The Labute approximate surface area is 142 Å². The van der Waals surface area contributed by atoms with Crippen LogP contribution in [0.1, 0.15) is 51.5 Å². The lowest BCUT2D eigenvalue weighted by Gasteiger charge is -2.14. The predicted molar refractivity (Wildman–Crippen MR) is 91.1 cm³/mol. The van der Waals surface area contributed by atoms with E-state index >= 15 is 0 Å². The number of aryl methyl sites for hydroxylation is 1. The maximum atomic E-state index is 11.3. The molecule has 0 aliphatic heterocycles. The van der Waals surface area contributed by atoms with Gasteiger partial charge in [0, 0.05) is 6.92 Å². The van der Waals surface area contributed by atoms with E-state index in [0.29, 0.717) is 12.2 Å². The molecule has 24 heavy (non-hydrogen) atoms. The van der Waals surface area contributed by atoms with Crippen molar-refractivity contribution in [1.29, 1.82) is 0 Å². The van der Waals surface area contributed by atoms with Crippen molar-refractivity contribution < 1.29 is 28.7 Å². The first-order valence-electron chi connectivity index (χ1n) is 8.03. The summed E-state index contributed by atoms with van der Waals surface area (Å²) < 4.78 is 16.2. The fourth-order valence-electron chi connectivity index (χ4n) is 2.52. The number of hydrogen-bond acceptors (Lipinski definition) is 4. The normalized spacial score (nSPS) is 12.7. The maximum Gasteiger partial charge on any atom is 0.335 e. The molecule has 6 nitrogen and oxygen atoms in total. The standard InChI is InChI=1S/C17H25O6P/c1-13(18)17(24(20,21)22)8-6-4-3-5-7-15-9-11-16(12-10-15)23-14(2)19/h9-12,17H,3-8H2,1-2H3,(H2,20,21,22). The first kappa shape index (κ1) is 20.6. The van der Waals surface area contributed by atoms with Gasteiger partial charge in [0.25, 0.3) is 0 Å². The monoisotopic (exact) mass is 356 g/mol. The summed E-state index contributed by atoms with van der Waals surface area (Å²) in [5, 5.41) is 0. The number of carbonyl (C=O) groups excluding carboxylic acids is 2. The highest BCUT2D eigenvalue weighted by atomic mass is 31.2. The van der Waals surface area contributed by atoms with Crippen molar-refractivity contribution in [3.63, 3.8) is 0 Å². The summed E-state index contributed by atoms with van der Waals surface area (Å²) in [4.78, 5) is 40.4. The SMILES string of the molecule is CC(=O)Oc1ccc(CCCCCCC(C(C)=O)P(=O)(O)O)cc1. The lowest BCUT2D eigenvalue weighted by Crippen LogP contribution is -2.17. The van der Waals surface area contributed by atoms with Crippen molar-refractivity contribution >= 4 is 19.3 Å². The number of ketones is 1. The number of unbranched alkanes of at least 4 members (excludes halogenated alkanes) is 3. The van der Waals surface area contributed by atoms with Crippen molar-refractivity contribution in [3.8, 4) is 5.75 Å². The van der Waals surface area contributed by atoms with Crippen LogP contribution in [0, 0.1) is 0 Å². The molecular formula is C17H25O6P. The van der Waals surface area contributed by atoms with Gasteiger partial charge in [-0.05, 0) is 43.9 Å². The van der Waals surface area contributed by atoms with Crippen LogP contribution in [0.25, 0.3) is 0 Å². The van der Waals surface area contributed by atoms with E-state index in [9.17, 15) is 14.2 Å². The van der Waals surface area contributed by atoms with E-state index in [1.165, 1.54) is 13.8 Å². The van der Waals surface area contributed by atoms with Gasteiger partial charge >= 0.3 is 13.6 Å². The van der Waals surface area contributed by atoms with Gasteiger partial charge in [0.1, 0.15) is 17.2 Å². The second-order valence-electron chi connectivity index (χ2n) is 5.91. The average molecular weight is 356 g/mol. The molecule has 1 rings (SSSR count). The van der Waals surface area contributed by atoms with Crippen LogP contribution in [-0.2, 0) is 20.6 Å². The molecule has 1 aromatic rings. The molecule has 0 heterocycles. The third-order valence-electron chi connectivity index (χ3n) is 3.75. The van der Waals surface area contributed by atoms with Crippen LogP contribution in [0.5, 0.6) is 5.75 Å². The molecule has 0 spiro atoms. The Morgan fingerprint density at radius 3 is 2.12 bits per heavy atom. The lowest BCUT2D eigenvalue weighted by molar-refractivity contribution is -0.131. The number of benzene rings is 1. The lowest BCUT2D eigenvalue weighted by atomic mass is 10.0. The van der Waals surface area contributed by atoms with Crippen LogP contribution in [0.4, 0.5) is 0 Å². The quantitative estimate of drug-likeness (QED) is 0.289. The second-order valence-corrected chi connectivity index (χ2v) is 7.71. The Morgan fingerprint density at radius 1 is 1.04 bits per heavy atom. The van der Waals surface area contributed by atoms with Crippen molar-refractivity contribution in [2.24, 2.45) is 0 Å². The minimum Gasteiger partial charge on any atom is -0.427 e. The number of carbonyl (C=O) groups is 2. The van der Waals surface area contributed by atoms with E-state index < -0.39 is 19.0 Å². The number of Topliss-reactive ketones (excluding diaryl/α,β-unsaturated/α-hetero) is 1. The summed E-state index contributed by atoms with van der Waals surface area (Å²) in [5.41, 5.74) is -0.0194. The number of ether oxygens (including phenoxy) is 1. The van der Waals surface area contributed by atoms with Crippen LogP contribution >= 0.6 is 7.60 Å². The molecule has 0 bridgehead atoms. The molecule has 0 saturated heterocycles. The summed E-state index contributed by atoms with van der Waals surface area (Å²) in [6, 6.07) is 7.35. The van der Waals surface area contributed by atoms with Gasteiger partial charge in [-0.25, -0.2) is 0 Å². The zero-order valence-corrected chi connectivity index (χ0v) is 15.0. The van der Waals surface area contributed by atoms with Gasteiger partial charge in [-0.2, -0.15) is 0 Å². The molecule has 0 aliphatic carbocycles. The number of hydrogen-bond donors (Lipinski definition) is 2. The molecule has 0 radical (unpaired) electrons. The molecule has 2 N–H and O–H groups in total. The first-order chi connectivity index (χ1) is 11.2. The van der Waals surface area contributed by atoms with E-state index in [2.05, 4.69) is 0 Å². The smallest absolute Gasteiger partial charge is 0.335 e. The summed E-state index contributed by atoms with van der Waals surface area (Å²) in [6.07, 6.45) is 4.45. The Bertz CT molecular complexity index is 590. The second kappa shape index (κ2) is 9.72. The molecule has 134 valence electrons. The molecule has 0 aromatic heterocycles. The van der Waals surface area contributed by atoms with Crippen LogP contribution in [0.2, 0.25) is 0 Å². The van der Waals surface area contributed by atoms with Gasteiger partial charge in [-0.1, -0.05) is 31.4 Å². The van der Waals surface area contributed by atoms with Crippen molar-refractivity contribution in [1.82, 2.24) is 0 Å². The largest absolute Gasteiger partial charge is 0.427 e. The minimum absolute atomic E-state index is 0.233. The molecule has 7 heteroatoms. The van der Waals surface area contributed by atoms with Crippen LogP contribution in [0.15, 0.2) is 24.3 Å². The Hall–Kier alpha value is -1.49. The van der Waals surface area contributed by atoms with Crippen LogP contribution in [0.3, 0.4) is 0 Å². The fraction of sp³-hybridized carbons (Fsp3) is 0.529. The molecule has 0 amide bonds. The van der Waals surface area contributed by atoms with Gasteiger partial charge in [0.15, 0.2) is 0 Å². The van der Waals surface area contributed by atoms with E-state index in [1.54, 1.807) is 12.1 Å². The van der Waals surface area contributed by atoms with E-state index in [4.69, 9.17) is 14.5 Å². The first-order valence-corrected chi connectivity index (χ1v) is 9.71. The average Bonchev–Trinajstić information content (AvgIpc) is 2.45. The van der Waals surface area contributed by atoms with Gasteiger partial charge in [-0.15, -0.1) is 0 Å².